The van der Waals surface area contributed by atoms with Crippen LogP contribution >= 0.6 is 0 Å². The van der Waals surface area contributed by atoms with Gasteiger partial charge in [0.15, 0.2) is 37.2 Å². The zero-order chi connectivity index (χ0) is 48.7. The Morgan fingerprint density at radius 1 is 0.530 bits per heavy atom. The van der Waals surface area contributed by atoms with Gasteiger partial charge in [-0.2, -0.15) is 0 Å². The minimum Gasteiger partial charge on any atom is -0.459 e. The highest BCUT2D eigenvalue weighted by Gasteiger charge is 2.58. The third-order valence-electron chi connectivity index (χ3n) is 10.7. The Kier molecular flexibility index (Phi) is 19.4. The first-order valence-electron chi connectivity index (χ1n) is 20.0. The average Bonchev–Trinajstić information content (AvgIpc) is 3.57. The van der Waals surface area contributed by atoms with E-state index >= 15 is 4.39 Å². The van der Waals surface area contributed by atoms with Crippen LogP contribution in [0.3, 0.4) is 0 Å². The van der Waals surface area contributed by atoms with E-state index in [0.29, 0.717) is 0 Å². The van der Waals surface area contributed by atoms with Crippen LogP contribution in [0, 0.1) is 5.92 Å². The molecule has 32 nitrogen and oxygen atoms in total. The molecule has 0 radical (unpaired) electrons. The fourth-order valence-corrected chi connectivity index (χ4v) is 8.00. The number of halogens is 1. The second kappa shape index (κ2) is 24.6. The maximum Gasteiger partial charge on any atom is 0.303 e. The standard InChI is InChI=1S/C33H45FN18O14/c1-7-18-26(65-32-23(46-52-40)28(59-14(5)55)27(58-13(4)54)20(63-32)10-42-48-36)30(60-15(6)56)33(61-18)66-29-24(57-12(3)53)16(43-49-37)8-17(44-50-38)25(29)64-31-22(45-51-39)21(34)11(2)19(62-31)9-41-47-35/h11,16-33H,7-10H2,1-6H3/t11-,16-,17+,18-,19-,20+,21+,22-,23-,24+,25-,26-,27-,28-,29-,30-,31-,32-,33+/m1/s1. The number of carbonyl (C=O) groups excluding carboxylic acids is 4. The predicted molar refractivity (Wildman–Crippen MR) is 212 cm³/mol. The third kappa shape index (κ3) is 12.8. The van der Waals surface area contributed by atoms with Gasteiger partial charge in [-0.05, 0) is 46.0 Å². The summed E-state index contributed by atoms with van der Waals surface area (Å²) < 4.78 is 75.6. The molecule has 358 valence electrons. The molecule has 4 fully saturated rings. The highest BCUT2D eigenvalue weighted by molar-refractivity contribution is 5.68. The summed E-state index contributed by atoms with van der Waals surface area (Å²) in [5.41, 5.74) is 56.4. The maximum atomic E-state index is 16.0. The summed E-state index contributed by atoms with van der Waals surface area (Å²) in [6.45, 7) is 6.17. The van der Waals surface area contributed by atoms with Crippen molar-refractivity contribution in [3.8, 4) is 0 Å². The number of rotatable bonds is 19. The van der Waals surface area contributed by atoms with Gasteiger partial charge in [0, 0.05) is 63.1 Å². The van der Waals surface area contributed by atoms with Crippen LogP contribution in [0.5, 0.6) is 0 Å². The van der Waals surface area contributed by atoms with Crippen molar-refractivity contribution < 1.29 is 70.9 Å². The molecule has 1 aliphatic carbocycles. The fraction of sp³-hybridized carbons (Fsp3) is 0.879. The lowest BCUT2D eigenvalue weighted by Crippen LogP contribution is -2.63. The molecule has 0 amide bonds. The Hall–Kier alpha value is -6.57. The molecule has 4 rings (SSSR count). The number of azide groups is 6. The second-order valence-electron chi connectivity index (χ2n) is 14.9. The normalized spacial score (nSPS) is 36.9. The fourth-order valence-electron chi connectivity index (χ4n) is 8.00. The molecule has 0 aromatic carbocycles. The van der Waals surface area contributed by atoms with Gasteiger partial charge in [-0.3, -0.25) is 19.2 Å². The summed E-state index contributed by atoms with van der Waals surface area (Å²) in [7, 11) is 0. The molecule has 1 saturated carbocycles. The van der Waals surface area contributed by atoms with E-state index in [1.165, 1.54) is 6.92 Å². The number of ether oxygens (including phenoxy) is 10. The van der Waals surface area contributed by atoms with Gasteiger partial charge >= 0.3 is 23.9 Å². The summed E-state index contributed by atoms with van der Waals surface area (Å²) >= 11 is 0. The van der Waals surface area contributed by atoms with Crippen molar-refractivity contribution in [1.82, 2.24) is 0 Å². The molecule has 66 heavy (non-hydrogen) atoms. The van der Waals surface area contributed by atoms with E-state index in [4.69, 9.17) is 58.4 Å². The van der Waals surface area contributed by atoms with Crippen molar-refractivity contribution in [3.05, 3.63) is 62.7 Å². The molecule has 3 saturated heterocycles. The molecule has 3 aliphatic heterocycles. The van der Waals surface area contributed by atoms with Crippen LogP contribution < -0.4 is 0 Å². The largest absolute Gasteiger partial charge is 0.459 e. The second-order valence-corrected chi connectivity index (χ2v) is 14.9. The zero-order valence-electron chi connectivity index (χ0n) is 35.9. The van der Waals surface area contributed by atoms with Crippen LogP contribution in [0.15, 0.2) is 30.7 Å². The molecule has 0 aromatic heterocycles. The number of carbonyl (C=O) groups is 4. The molecule has 33 heteroatoms. The number of hydrogen-bond donors (Lipinski definition) is 0. The van der Waals surface area contributed by atoms with Crippen LogP contribution in [0.2, 0.25) is 0 Å². The van der Waals surface area contributed by atoms with Gasteiger partial charge < -0.3 is 47.4 Å². The van der Waals surface area contributed by atoms with Crippen LogP contribution in [-0.2, 0) is 66.5 Å². The summed E-state index contributed by atoms with van der Waals surface area (Å²) in [5, 5.41) is 21.8. The molecule has 3 heterocycles. The minimum absolute atomic E-state index is 0.0415. The quantitative estimate of drug-likeness (QED) is 0.0530. The monoisotopic (exact) mass is 936 g/mol. The van der Waals surface area contributed by atoms with Crippen molar-refractivity contribution in [1.29, 1.82) is 0 Å². The molecule has 0 spiro atoms. The van der Waals surface area contributed by atoms with Crippen LogP contribution in [0.4, 0.5) is 4.39 Å². The Labute approximate surface area is 371 Å². The highest BCUT2D eigenvalue weighted by Crippen LogP contribution is 2.41. The lowest BCUT2D eigenvalue weighted by Gasteiger charge is -2.47. The van der Waals surface area contributed by atoms with Gasteiger partial charge in [0.05, 0.1) is 43.5 Å². The lowest BCUT2D eigenvalue weighted by molar-refractivity contribution is -0.299. The van der Waals surface area contributed by atoms with Gasteiger partial charge in [-0.15, -0.1) is 0 Å². The van der Waals surface area contributed by atoms with Crippen molar-refractivity contribution in [2.45, 2.75) is 165 Å². The van der Waals surface area contributed by atoms with Crippen LogP contribution in [0.1, 0.15) is 54.4 Å². The first-order chi connectivity index (χ1) is 31.6. The zero-order valence-corrected chi connectivity index (χ0v) is 35.9. The molecular weight excluding hydrogens is 891 g/mol. The number of esters is 4. The molecule has 0 bridgehead atoms. The molecule has 19 atom stereocenters. The first kappa shape index (κ1) is 52.1. The average molecular weight is 937 g/mol. The molecule has 4 aliphatic rings. The Morgan fingerprint density at radius 3 is 1.52 bits per heavy atom. The van der Waals surface area contributed by atoms with Gasteiger partial charge in [0.2, 0.25) is 0 Å². The third-order valence-corrected chi connectivity index (χ3v) is 10.7. The van der Waals surface area contributed by atoms with E-state index in [2.05, 4.69) is 60.2 Å². The molecule has 0 aromatic rings. The number of alkyl halides is 1. The summed E-state index contributed by atoms with van der Waals surface area (Å²) in [6.07, 6.45) is -22.8. The lowest BCUT2D eigenvalue weighted by atomic mass is 9.83. The van der Waals surface area contributed by atoms with Gasteiger partial charge in [0.1, 0.15) is 42.7 Å². The minimum atomic E-state index is -1.97. The molecule has 0 N–H and O–H groups in total. The number of hydrogen-bond acceptors (Lipinski definition) is 20. The van der Waals surface area contributed by atoms with Gasteiger partial charge in [0.25, 0.3) is 0 Å². The Bertz CT molecular complexity index is 2070. The first-order valence-corrected chi connectivity index (χ1v) is 20.0. The van der Waals surface area contributed by atoms with E-state index < -0.39 is 153 Å². The summed E-state index contributed by atoms with van der Waals surface area (Å²) in [4.78, 5) is 66.7. The summed E-state index contributed by atoms with van der Waals surface area (Å²) in [6, 6.07) is -6.17. The van der Waals surface area contributed by atoms with E-state index in [0.717, 1.165) is 27.7 Å². The van der Waals surface area contributed by atoms with Crippen molar-refractivity contribution in [2.75, 3.05) is 13.1 Å². The maximum absolute atomic E-state index is 16.0. The van der Waals surface area contributed by atoms with E-state index in [9.17, 15) is 41.3 Å². The number of nitrogens with zero attached hydrogens (tertiary/aromatic N) is 18. The molecular formula is C33H45FN18O14. The van der Waals surface area contributed by atoms with E-state index in [1.54, 1.807) is 6.92 Å². The van der Waals surface area contributed by atoms with Crippen LogP contribution in [-0.4, -0.2) is 147 Å². The predicted octanol–water partition coefficient (Wildman–Crippen LogP) is 5.17. The SMILES string of the molecule is CC[C@H]1O[C@@H](O[C@@H]2[C@@H](OC(C)=O)[C@H](N=[N+]=[N-])C[C@H](N=[N+]=[N-])[C@H]2O[C@H]2O[C@H](CN=[N+]=[N-])[C@@H](C)[C@H](F)[C@H]2N=[N+]=[N-])[C@H](OC(C)=O)[C@@H]1O[C@H]1O[C@@H](CN=[N+]=[N-])[C@@H](OC(C)=O)[C@H](OC(C)=O)[C@H]1N=[N+]=[N-]. The van der Waals surface area contributed by atoms with Crippen LogP contribution in [0.25, 0.3) is 62.7 Å². The highest BCUT2D eigenvalue weighted by atomic mass is 19.1. The molecule has 0 unspecified atom stereocenters. The Balaban J connectivity index is 1.86. The van der Waals surface area contributed by atoms with Crippen molar-refractivity contribution >= 4 is 23.9 Å². The van der Waals surface area contributed by atoms with Crippen molar-refractivity contribution in [2.24, 2.45) is 36.6 Å². The van der Waals surface area contributed by atoms with E-state index in [-0.39, 0.29) is 12.8 Å². The summed E-state index contributed by atoms with van der Waals surface area (Å²) in [5.74, 6) is -4.70. The topological polar surface area (TPSA) is 453 Å². The van der Waals surface area contributed by atoms with E-state index in [1.807, 2.05) is 0 Å². The van der Waals surface area contributed by atoms with Crippen molar-refractivity contribution in [3.63, 3.8) is 0 Å². The Morgan fingerprint density at radius 2 is 0.970 bits per heavy atom. The smallest absolute Gasteiger partial charge is 0.303 e. The van der Waals surface area contributed by atoms with Gasteiger partial charge in [-0.25, -0.2) is 4.39 Å². The van der Waals surface area contributed by atoms with Gasteiger partial charge in [-0.1, -0.05) is 44.5 Å².